The maximum atomic E-state index is 5.69. The summed E-state index contributed by atoms with van der Waals surface area (Å²) >= 11 is 2.24. The molecule has 0 fully saturated rings. The van der Waals surface area contributed by atoms with E-state index in [1.807, 2.05) is 31.2 Å². The number of ether oxygens (including phenoxy) is 1. The Morgan fingerprint density at radius 1 is 1.24 bits per heavy atom. The van der Waals surface area contributed by atoms with E-state index in [1.54, 1.807) is 13.1 Å². The highest BCUT2D eigenvalue weighted by atomic mass is 127. The van der Waals surface area contributed by atoms with Crippen LogP contribution < -0.4 is 10.1 Å². The fraction of sp³-hybridized carbons (Fsp3) is 0.167. The van der Waals surface area contributed by atoms with Gasteiger partial charge in [0.05, 0.1) is 0 Å². The van der Waals surface area contributed by atoms with Gasteiger partial charge < -0.3 is 10.1 Å². The molecule has 1 heterocycles. The van der Waals surface area contributed by atoms with E-state index in [0.717, 1.165) is 15.0 Å². The summed E-state index contributed by atoms with van der Waals surface area (Å²) in [5, 5.41) is 2.90. The summed E-state index contributed by atoms with van der Waals surface area (Å²) < 4.78 is 6.81. The van der Waals surface area contributed by atoms with Gasteiger partial charge in [0, 0.05) is 22.4 Å². The average molecular weight is 341 g/mol. The molecule has 2 aromatic rings. The average Bonchev–Trinajstić information content (AvgIpc) is 2.28. The standard InChI is InChI=1S/C12H12IN3O/c1-8-6-11(16-12(14-2)15-8)17-10-5-3-4-9(13)7-10/h3-7H,1-2H3,(H,14,15,16). The third kappa shape index (κ3) is 3.29. The number of halogens is 1. The van der Waals surface area contributed by atoms with Crippen LogP contribution in [0, 0.1) is 10.5 Å². The Morgan fingerprint density at radius 3 is 2.76 bits per heavy atom. The zero-order valence-corrected chi connectivity index (χ0v) is 11.7. The summed E-state index contributed by atoms with van der Waals surface area (Å²) in [6.45, 7) is 1.91. The predicted octanol–water partition coefficient (Wildman–Crippen LogP) is 3.22. The van der Waals surface area contributed by atoms with E-state index in [9.17, 15) is 0 Å². The molecular formula is C12H12IN3O. The van der Waals surface area contributed by atoms with Crippen molar-refractivity contribution in [1.82, 2.24) is 9.97 Å². The lowest BCUT2D eigenvalue weighted by Gasteiger charge is -2.07. The number of aromatic nitrogens is 2. The monoisotopic (exact) mass is 341 g/mol. The number of benzene rings is 1. The summed E-state index contributed by atoms with van der Waals surface area (Å²) in [5.41, 5.74) is 0.866. The molecule has 2 rings (SSSR count). The summed E-state index contributed by atoms with van der Waals surface area (Å²) in [6, 6.07) is 9.62. The maximum absolute atomic E-state index is 5.69. The third-order valence-corrected chi connectivity index (χ3v) is 2.74. The normalized spacial score (nSPS) is 10.1. The Hall–Kier alpha value is -1.37. The summed E-state index contributed by atoms with van der Waals surface area (Å²) in [6.07, 6.45) is 0. The van der Waals surface area contributed by atoms with Crippen molar-refractivity contribution in [3.05, 3.63) is 39.6 Å². The van der Waals surface area contributed by atoms with Crippen LogP contribution in [-0.2, 0) is 0 Å². The fourth-order valence-corrected chi connectivity index (χ4v) is 1.87. The van der Waals surface area contributed by atoms with Crippen molar-refractivity contribution in [3.63, 3.8) is 0 Å². The predicted molar refractivity (Wildman–Crippen MR) is 75.5 cm³/mol. The van der Waals surface area contributed by atoms with Crippen molar-refractivity contribution in [2.24, 2.45) is 0 Å². The van der Waals surface area contributed by atoms with Crippen molar-refractivity contribution in [2.75, 3.05) is 12.4 Å². The molecular weight excluding hydrogens is 329 g/mol. The van der Waals surface area contributed by atoms with E-state index in [1.165, 1.54) is 0 Å². The Morgan fingerprint density at radius 2 is 2.06 bits per heavy atom. The van der Waals surface area contributed by atoms with Crippen molar-refractivity contribution in [2.45, 2.75) is 6.92 Å². The summed E-state index contributed by atoms with van der Waals surface area (Å²) in [7, 11) is 1.78. The molecule has 17 heavy (non-hydrogen) atoms. The van der Waals surface area contributed by atoms with Crippen molar-refractivity contribution < 1.29 is 4.74 Å². The van der Waals surface area contributed by atoms with Gasteiger partial charge in [-0.05, 0) is 47.7 Å². The molecule has 0 spiro atoms. The molecule has 0 atom stereocenters. The highest BCUT2D eigenvalue weighted by Crippen LogP contribution is 2.22. The van der Waals surface area contributed by atoms with E-state index in [-0.39, 0.29) is 0 Å². The molecule has 0 amide bonds. The van der Waals surface area contributed by atoms with E-state index in [4.69, 9.17) is 4.74 Å². The molecule has 0 bridgehead atoms. The quantitative estimate of drug-likeness (QED) is 0.871. The first-order valence-electron chi connectivity index (χ1n) is 5.14. The number of nitrogens with zero attached hydrogens (tertiary/aromatic N) is 2. The number of hydrogen-bond donors (Lipinski definition) is 1. The van der Waals surface area contributed by atoms with Crippen LogP contribution in [0.3, 0.4) is 0 Å². The molecule has 0 unspecified atom stereocenters. The second-order valence-corrected chi connectivity index (χ2v) is 4.73. The van der Waals surface area contributed by atoms with Gasteiger partial charge in [-0.1, -0.05) is 6.07 Å². The lowest BCUT2D eigenvalue weighted by molar-refractivity contribution is 0.461. The molecule has 0 aliphatic heterocycles. The van der Waals surface area contributed by atoms with E-state index >= 15 is 0 Å². The van der Waals surface area contributed by atoms with Gasteiger partial charge in [0.1, 0.15) is 5.75 Å². The second kappa shape index (κ2) is 5.31. The Labute approximate surface area is 114 Å². The van der Waals surface area contributed by atoms with Crippen LogP contribution in [0.15, 0.2) is 30.3 Å². The van der Waals surface area contributed by atoms with Gasteiger partial charge >= 0.3 is 0 Å². The molecule has 1 N–H and O–H groups in total. The highest BCUT2D eigenvalue weighted by Gasteiger charge is 2.03. The number of aryl methyl sites for hydroxylation is 1. The molecule has 4 nitrogen and oxygen atoms in total. The maximum Gasteiger partial charge on any atom is 0.225 e. The molecule has 88 valence electrons. The van der Waals surface area contributed by atoms with E-state index in [0.29, 0.717) is 11.8 Å². The topological polar surface area (TPSA) is 47.0 Å². The number of hydrogen-bond acceptors (Lipinski definition) is 4. The van der Waals surface area contributed by atoms with E-state index < -0.39 is 0 Å². The van der Waals surface area contributed by atoms with Gasteiger partial charge in [-0.15, -0.1) is 0 Å². The Kier molecular flexibility index (Phi) is 3.78. The van der Waals surface area contributed by atoms with Crippen molar-refractivity contribution in [1.29, 1.82) is 0 Å². The molecule has 0 saturated heterocycles. The fourth-order valence-electron chi connectivity index (χ4n) is 1.35. The van der Waals surface area contributed by atoms with E-state index in [2.05, 4.69) is 37.9 Å². The summed E-state index contributed by atoms with van der Waals surface area (Å²) in [5.74, 6) is 1.88. The first-order chi connectivity index (χ1) is 8.17. The van der Waals surface area contributed by atoms with Gasteiger partial charge in [-0.25, -0.2) is 4.98 Å². The van der Waals surface area contributed by atoms with Gasteiger partial charge in [0.15, 0.2) is 0 Å². The van der Waals surface area contributed by atoms with Crippen LogP contribution in [0.25, 0.3) is 0 Å². The minimum Gasteiger partial charge on any atom is -0.439 e. The van der Waals surface area contributed by atoms with Crippen LogP contribution in [0.4, 0.5) is 5.95 Å². The van der Waals surface area contributed by atoms with Gasteiger partial charge in [0.25, 0.3) is 0 Å². The molecule has 0 aliphatic rings. The first-order valence-corrected chi connectivity index (χ1v) is 6.22. The molecule has 0 saturated carbocycles. The van der Waals surface area contributed by atoms with Crippen LogP contribution in [-0.4, -0.2) is 17.0 Å². The lowest BCUT2D eigenvalue weighted by atomic mass is 10.3. The SMILES string of the molecule is CNc1nc(C)cc(Oc2cccc(I)c2)n1. The van der Waals surface area contributed by atoms with Crippen LogP contribution in [0.1, 0.15) is 5.69 Å². The van der Waals surface area contributed by atoms with Crippen LogP contribution in [0.5, 0.6) is 11.6 Å². The number of anilines is 1. The molecule has 5 heteroatoms. The Balaban J connectivity index is 2.26. The highest BCUT2D eigenvalue weighted by molar-refractivity contribution is 14.1. The molecule has 0 radical (unpaired) electrons. The van der Waals surface area contributed by atoms with Gasteiger partial charge in [-0.2, -0.15) is 4.98 Å². The summed E-state index contributed by atoms with van der Waals surface area (Å²) in [4.78, 5) is 8.44. The number of rotatable bonds is 3. The van der Waals surface area contributed by atoms with Crippen LogP contribution >= 0.6 is 22.6 Å². The minimum absolute atomic E-state index is 0.545. The first kappa shape index (κ1) is 12.1. The number of nitrogens with one attached hydrogen (secondary N) is 1. The van der Waals surface area contributed by atoms with Crippen molar-refractivity contribution in [3.8, 4) is 11.6 Å². The molecule has 0 aliphatic carbocycles. The molecule has 1 aromatic carbocycles. The zero-order valence-electron chi connectivity index (χ0n) is 9.57. The lowest BCUT2D eigenvalue weighted by Crippen LogP contribution is -1.99. The largest absolute Gasteiger partial charge is 0.439 e. The minimum atomic E-state index is 0.545. The van der Waals surface area contributed by atoms with Gasteiger partial charge in [0.2, 0.25) is 11.8 Å². The Bertz CT molecular complexity index is 531. The third-order valence-electron chi connectivity index (χ3n) is 2.07. The van der Waals surface area contributed by atoms with Gasteiger partial charge in [-0.3, -0.25) is 0 Å². The second-order valence-electron chi connectivity index (χ2n) is 3.48. The van der Waals surface area contributed by atoms with Crippen molar-refractivity contribution >= 4 is 28.5 Å². The zero-order chi connectivity index (χ0) is 12.3. The molecule has 1 aromatic heterocycles. The smallest absolute Gasteiger partial charge is 0.225 e. The van der Waals surface area contributed by atoms with Crippen LogP contribution in [0.2, 0.25) is 0 Å².